The number of carbonyl (C=O) groups excluding carboxylic acids is 1. The summed E-state index contributed by atoms with van der Waals surface area (Å²) in [6, 6.07) is 23.3. The summed E-state index contributed by atoms with van der Waals surface area (Å²) in [5.41, 5.74) is 3.55. The van der Waals surface area contributed by atoms with Crippen molar-refractivity contribution in [3.05, 3.63) is 79.0 Å². The topological polar surface area (TPSA) is 94.1 Å². The Morgan fingerprint density at radius 3 is 2.74 bits per heavy atom. The highest BCUT2D eigenvalue weighted by Crippen LogP contribution is 2.35. The van der Waals surface area contributed by atoms with Crippen molar-refractivity contribution in [1.82, 2.24) is 19.7 Å². The van der Waals surface area contributed by atoms with Gasteiger partial charge in [0, 0.05) is 40.1 Å². The van der Waals surface area contributed by atoms with Crippen molar-refractivity contribution < 1.29 is 14.3 Å². The number of carbonyl (C=O) groups is 1. The summed E-state index contributed by atoms with van der Waals surface area (Å²) < 4.78 is 12.7. The maximum absolute atomic E-state index is 12.7. The van der Waals surface area contributed by atoms with Gasteiger partial charge in [-0.2, -0.15) is 0 Å². The summed E-state index contributed by atoms with van der Waals surface area (Å²) in [5, 5.41) is 13.5. The normalized spacial score (nSPS) is 12.2. The van der Waals surface area contributed by atoms with Crippen molar-refractivity contribution in [1.29, 1.82) is 0 Å². The lowest BCUT2D eigenvalue weighted by molar-refractivity contribution is -0.113. The summed E-state index contributed by atoms with van der Waals surface area (Å²) >= 11 is 1.33. The van der Waals surface area contributed by atoms with E-state index in [1.54, 1.807) is 18.2 Å². The standard InChI is InChI=1S/C25H19N5O3S/c31-23(27-16-10-11-21-22(12-16)33-15-32-21)14-34-25-29-28-24(30(25)17-6-2-1-3-7-17)19-13-26-20-9-5-4-8-18(19)20/h1-13,26H,14-15H2,(H,27,31). The fraction of sp³-hybridized carbons (Fsp3) is 0.0800. The first-order chi connectivity index (χ1) is 16.8. The fourth-order valence-electron chi connectivity index (χ4n) is 3.91. The number of ether oxygens (including phenoxy) is 2. The van der Waals surface area contributed by atoms with Crippen LogP contribution in [0.25, 0.3) is 28.0 Å². The molecule has 0 saturated heterocycles. The molecule has 0 spiro atoms. The molecular weight excluding hydrogens is 450 g/mol. The minimum Gasteiger partial charge on any atom is -0.454 e. The van der Waals surface area contributed by atoms with E-state index < -0.39 is 0 Å². The molecule has 0 fully saturated rings. The highest BCUT2D eigenvalue weighted by molar-refractivity contribution is 7.99. The first kappa shape index (κ1) is 20.4. The van der Waals surface area contributed by atoms with Crippen molar-refractivity contribution in [2.45, 2.75) is 5.16 Å². The van der Waals surface area contributed by atoms with Gasteiger partial charge < -0.3 is 19.8 Å². The maximum Gasteiger partial charge on any atom is 0.234 e. The Kier molecular flexibility index (Phi) is 5.15. The monoisotopic (exact) mass is 469 g/mol. The van der Waals surface area contributed by atoms with Crippen molar-refractivity contribution in [3.8, 4) is 28.6 Å². The quantitative estimate of drug-likeness (QED) is 0.345. The fourth-order valence-corrected chi connectivity index (χ4v) is 4.66. The third-order valence-electron chi connectivity index (χ3n) is 5.47. The predicted octanol–water partition coefficient (Wildman–Crippen LogP) is 4.88. The van der Waals surface area contributed by atoms with E-state index in [1.165, 1.54) is 11.8 Å². The smallest absolute Gasteiger partial charge is 0.234 e. The van der Waals surface area contributed by atoms with Crippen LogP contribution < -0.4 is 14.8 Å². The minimum absolute atomic E-state index is 0.153. The van der Waals surface area contributed by atoms with Gasteiger partial charge in [0.25, 0.3) is 0 Å². The summed E-state index contributed by atoms with van der Waals surface area (Å²) in [5.74, 6) is 2.03. The van der Waals surface area contributed by atoms with Gasteiger partial charge in [-0.15, -0.1) is 10.2 Å². The molecule has 3 heterocycles. The molecule has 34 heavy (non-hydrogen) atoms. The van der Waals surface area contributed by atoms with E-state index >= 15 is 0 Å². The summed E-state index contributed by atoms with van der Waals surface area (Å²) in [6.07, 6.45) is 1.94. The lowest BCUT2D eigenvalue weighted by Gasteiger charge is -2.10. The lowest BCUT2D eigenvalue weighted by Crippen LogP contribution is -2.14. The Labute approximate surface area is 198 Å². The van der Waals surface area contributed by atoms with Crippen LogP contribution in [0.4, 0.5) is 5.69 Å². The van der Waals surface area contributed by atoms with Gasteiger partial charge in [0.1, 0.15) is 0 Å². The molecule has 1 aliphatic heterocycles. The average molecular weight is 470 g/mol. The molecule has 6 rings (SSSR count). The third-order valence-corrected chi connectivity index (χ3v) is 6.40. The number of para-hydroxylation sites is 2. The highest BCUT2D eigenvalue weighted by Gasteiger charge is 2.20. The van der Waals surface area contributed by atoms with Crippen LogP contribution in [-0.4, -0.2) is 38.2 Å². The molecule has 0 aliphatic carbocycles. The minimum atomic E-state index is -0.153. The van der Waals surface area contributed by atoms with Gasteiger partial charge in [0.05, 0.1) is 5.75 Å². The number of hydrogen-bond acceptors (Lipinski definition) is 6. The van der Waals surface area contributed by atoms with Crippen molar-refractivity contribution in [3.63, 3.8) is 0 Å². The van der Waals surface area contributed by atoms with Crippen molar-refractivity contribution >= 4 is 34.3 Å². The number of nitrogens with one attached hydrogen (secondary N) is 2. The van der Waals surface area contributed by atoms with Crippen LogP contribution in [0.2, 0.25) is 0 Å². The number of aromatic amines is 1. The van der Waals surface area contributed by atoms with E-state index in [1.807, 2.05) is 59.3 Å². The van der Waals surface area contributed by atoms with Gasteiger partial charge >= 0.3 is 0 Å². The SMILES string of the molecule is O=C(CSc1nnc(-c2c[nH]c3ccccc23)n1-c1ccccc1)Nc1ccc2c(c1)OCO2. The molecule has 0 atom stereocenters. The Bertz CT molecular complexity index is 1500. The van der Waals surface area contributed by atoms with E-state index in [0.29, 0.717) is 28.2 Å². The van der Waals surface area contributed by atoms with E-state index in [-0.39, 0.29) is 18.5 Å². The van der Waals surface area contributed by atoms with Crippen LogP contribution in [0.3, 0.4) is 0 Å². The van der Waals surface area contributed by atoms with Gasteiger partial charge in [-0.25, -0.2) is 0 Å². The molecule has 1 aliphatic rings. The van der Waals surface area contributed by atoms with Gasteiger partial charge in [-0.3, -0.25) is 9.36 Å². The molecule has 2 N–H and O–H groups in total. The number of aromatic nitrogens is 4. The van der Waals surface area contributed by atoms with Gasteiger partial charge in [0.2, 0.25) is 12.7 Å². The largest absolute Gasteiger partial charge is 0.454 e. The molecule has 1 amide bonds. The molecule has 0 radical (unpaired) electrons. The van der Waals surface area contributed by atoms with E-state index in [4.69, 9.17) is 9.47 Å². The summed E-state index contributed by atoms with van der Waals surface area (Å²) in [6.45, 7) is 0.191. The molecule has 8 nitrogen and oxygen atoms in total. The van der Waals surface area contributed by atoms with E-state index in [9.17, 15) is 4.79 Å². The first-order valence-electron chi connectivity index (χ1n) is 10.7. The second-order valence-corrected chi connectivity index (χ2v) is 8.57. The molecule has 0 saturated carbocycles. The number of hydrogen-bond donors (Lipinski definition) is 2. The van der Waals surface area contributed by atoms with E-state index in [0.717, 1.165) is 22.2 Å². The second kappa shape index (κ2) is 8.60. The first-order valence-corrected chi connectivity index (χ1v) is 11.6. The molecule has 5 aromatic rings. The number of benzene rings is 3. The molecular formula is C25H19N5O3S. The number of fused-ring (bicyclic) bond motifs is 2. The zero-order chi connectivity index (χ0) is 22.9. The van der Waals surface area contributed by atoms with E-state index in [2.05, 4.69) is 26.6 Å². The summed E-state index contributed by atoms with van der Waals surface area (Å²) in [7, 11) is 0. The molecule has 9 heteroatoms. The van der Waals surface area contributed by atoms with Gasteiger partial charge in [-0.05, 0) is 30.3 Å². The number of amides is 1. The van der Waals surface area contributed by atoms with Crippen molar-refractivity contribution in [2.24, 2.45) is 0 Å². The van der Waals surface area contributed by atoms with Crippen LogP contribution >= 0.6 is 11.8 Å². The molecule has 3 aromatic carbocycles. The summed E-state index contributed by atoms with van der Waals surface area (Å²) in [4.78, 5) is 16.0. The maximum atomic E-state index is 12.7. The second-order valence-electron chi connectivity index (χ2n) is 7.63. The third kappa shape index (κ3) is 3.75. The number of anilines is 1. The number of thioether (sulfide) groups is 1. The highest BCUT2D eigenvalue weighted by atomic mass is 32.2. The number of nitrogens with zero attached hydrogens (tertiary/aromatic N) is 3. The van der Waals surface area contributed by atoms with Crippen LogP contribution in [0.5, 0.6) is 11.5 Å². The average Bonchev–Trinajstić information content (AvgIpc) is 3.60. The Balaban J connectivity index is 1.28. The van der Waals surface area contributed by atoms with Gasteiger partial charge in [0.15, 0.2) is 22.5 Å². The molecule has 0 bridgehead atoms. The number of rotatable bonds is 6. The van der Waals surface area contributed by atoms with Crippen molar-refractivity contribution in [2.75, 3.05) is 17.9 Å². The molecule has 0 unspecified atom stereocenters. The van der Waals surface area contributed by atoms with Crippen LogP contribution in [0, 0.1) is 0 Å². The zero-order valence-electron chi connectivity index (χ0n) is 17.9. The molecule has 2 aromatic heterocycles. The Hall–Kier alpha value is -4.24. The molecule has 168 valence electrons. The van der Waals surface area contributed by atoms with Crippen LogP contribution in [0.1, 0.15) is 0 Å². The van der Waals surface area contributed by atoms with Crippen LogP contribution in [0.15, 0.2) is 84.1 Å². The number of H-pyrrole nitrogens is 1. The van der Waals surface area contributed by atoms with Crippen LogP contribution in [-0.2, 0) is 4.79 Å². The lowest BCUT2D eigenvalue weighted by atomic mass is 10.1. The Morgan fingerprint density at radius 2 is 1.82 bits per heavy atom. The zero-order valence-corrected chi connectivity index (χ0v) is 18.7. The van der Waals surface area contributed by atoms with Gasteiger partial charge in [-0.1, -0.05) is 48.2 Å². The predicted molar refractivity (Wildman–Crippen MR) is 131 cm³/mol. The Morgan fingerprint density at radius 1 is 1.00 bits per heavy atom.